The first-order valence-corrected chi connectivity index (χ1v) is 4.72. The third-order valence-corrected chi connectivity index (χ3v) is 2.23. The molecule has 0 aliphatic rings. The fraction of sp³-hybridized carbons (Fsp3) is 0.0833. The van der Waals surface area contributed by atoms with E-state index in [1.165, 1.54) is 18.5 Å². The quantitative estimate of drug-likeness (QED) is 0.768. The van der Waals surface area contributed by atoms with Gasteiger partial charge in [-0.1, -0.05) is 12.1 Å². The third-order valence-electron chi connectivity index (χ3n) is 2.23. The van der Waals surface area contributed by atoms with Gasteiger partial charge in [0.15, 0.2) is 0 Å². The monoisotopic (exact) mass is 213 g/mol. The van der Waals surface area contributed by atoms with Crippen molar-refractivity contribution < 1.29 is 4.39 Å². The first-order valence-electron chi connectivity index (χ1n) is 4.72. The Hall–Kier alpha value is -2.28. The first kappa shape index (κ1) is 10.2. The fourth-order valence-corrected chi connectivity index (χ4v) is 1.44. The predicted molar refractivity (Wildman–Crippen MR) is 55.9 cm³/mol. The summed E-state index contributed by atoms with van der Waals surface area (Å²) in [5.74, 6) is -0.799. The van der Waals surface area contributed by atoms with E-state index in [1.807, 2.05) is 0 Å². The average Bonchev–Trinajstić information content (AvgIpc) is 2.34. The topological polar surface area (TPSA) is 49.6 Å². The molecule has 2 rings (SSSR count). The molecular formula is C12H8FN3. The maximum atomic E-state index is 12.7. The normalized spacial score (nSPS) is 11.8. The van der Waals surface area contributed by atoms with E-state index in [9.17, 15) is 4.39 Å². The molecule has 1 aromatic heterocycles. The van der Waals surface area contributed by atoms with Crippen molar-refractivity contribution in [2.75, 3.05) is 0 Å². The molecule has 0 aliphatic carbocycles. The van der Waals surface area contributed by atoms with Crippen molar-refractivity contribution in [2.24, 2.45) is 0 Å². The van der Waals surface area contributed by atoms with E-state index in [0.29, 0.717) is 5.69 Å². The van der Waals surface area contributed by atoms with Gasteiger partial charge in [-0.05, 0) is 23.8 Å². The van der Waals surface area contributed by atoms with Crippen molar-refractivity contribution in [3.63, 3.8) is 0 Å². The van der Waals surface area contributed by atoms with Gasteiger partial charge in [0.1, 0.15) is 18.1 Å². The number of nitrogens with zero attached hydrogens (tertiary/aromatic N) is 3. The summed E-state index contributed by atoms with van der Waals surface area (Å²) in [6.45, 7) is 0. The Morgan fingerprint density at radius 3 is 2.50 bits per heavy atom. The van der Waals surface area contributed by atoms with Gasteiger partial charge >= 0.3 is 0 Å². The highest BCUT2D eigenvalue weighted by molar-refractivity contribution is 5.33. The van der Waals surface area contributed by atoms with E-state index < -0.39 is 5.92 Å². The van der Waals surface area contributed by atoms with Crippen LogP contribution >= 0.6 is 0 Å². The molecule has 1 heterocycles. The number of benzene rings is 1. The number of hydrogen-bond acceptors (Lipinski definition) is 3. The number of aromatic nitrogens is 2. The molecule has 16 heavy (non-hydrogen) atoms. The average molecular weight is 213 g/mol. The second-order valence-corrected chi connectivity index (χ2v) is 3.25. The van der Waals surface area contributed by atoms with Gasteiger partial charge < -0.3 is 0 Å². The summed E-state index contributed by atoms with van der Waals surface area (Å²) in [4.78, 5) is 7.81. The van der Waals surface area contributed by atoms with Crippen LogP contribution in [0.15, 0.2) is 42.9 Å². The van der Waals surface area contributed by atoms with Crippen molar-refractivity contribution in [3.05, 3.63) is 59.9 Å². The lowest BCUT2D eigenvalue weighted by Gasteiger charge is -2.07. The number of halogens is 1. The van der Waals surface area contributed by atoms with E-state index in [2.05, 4.69) is 16.0 Å². The van der Waals surface area contributed by atoms with Crippen LogP contribution in [0.1, 0.15) is 17.2 Å². The van der Waals surface area contributed by atoms with Gasteiger partial charge in [-0.15, -0.1) is 0 Å². The molecule has 0 fully saturated rings. The smallest absolute Gasteiger partial charge is 0.123 e. The summed E-state index contributed by atoms with van der Waals surface area (Å²) in [5.41, 5.74) is 1.34. The largest absolute Gasteiger partial charge is 0.245 e. The zero-order valence-electron chi connectivity index (χ0n) is 8.34. The van der Waals surface area contributed by atoms with Gasteiger partial charge in [0.05, 0.1) is 11.8 Å². The molecule has 3 nitrogen and oxygen atoms in total. The highest BCUT2D eigenvalue weighted by Crippen LogP contribution is 2.21. The SMILES string of the molecule is N#CC(c1ccc(F)cc1)c1ccncn1. The van der Waals surface area contributed by atoms with Crippen LogP contribution in [0.4, 0.5) is 4.39 Å². The summed E-state index contributed by atoms with van der Waals surface area (Å²) in [6.07, 6.45) is 2.97. The molecule has 1 atom stereocenters. The molecule has 4 heteroatoms. The standard InChI is InChI=1S/C12H8FN3/c13-10-3-1-9(2-4-10)11(7-14)12-5-6-15-8-16-12/h1-6,8,11H. The Balaban J connectivity index is 2.38. The molecule has 2 aromatic rings. The molecule has 1 unspecified atom stereocenters. The van der Waals surface area contributed by atoms with Crippen molar-refractivity contribution in [1.29, 1.82) is 5.26 Å². The van der Waals surface area contributed by atoms with Gasteiger partial charge in [0.2, 0.25) is 0 Å². The van der Waals surface area contributed by atoms with Crippen LogP contribution in [0.5, 0.6) is 0 Å². The zero-order chi connectivity index (χ0) is 11.4. The van der Waals surface area contributed by atoms with Crippen LogP contribution < -0.4 is 0 Å². The van der Waals surface area contributed by atoms with E-state index in [4.69, 9.17) is 5.26 Å². The molecule has 0 saturated heterocycles. The second kappa shape index (κ2) is 4.49. The Labute approximate surface area is 92.2 Å². The Morgan fingerprint density at radius 1 is 1.19 bits per heavy atom. The minimum Gasteiger partial charge on any atom is -0.245 e. The van der Waals surface area contributed by atoms with Crippen LogP contribution in [-0.2, 0) is 0 Å². The summed E-state index contributed by atoms with van der Waals surface area (Å²) in [7, 11) is 0. The van der Waals surface area contributed by atoms with E-state index in [-0.39, 0.29) is 5.82 Å². The van der Waals surface area contributed by atoms with Crippen molar-refractivity contribution in [3.8, 4) is 6.07 Å². The molecular weight excluding hydrogens is 205 g/mol. The maximum absolute atomic E-state index is 12.7. The Morgan fingerprint density at radius 2 is 1.94 bits per heavy atom. The van der Waals surface area contributed by atoms with Gasteiger partial charge in [-0.2, -0.15) is 5.26 Å². The first-order chi connectivity index (χ1) is 7.81. The minimum atomic E-state index is -0.483. The summed E-state index contributed by atoms with van der Waals surface area (Å²) in [6, 6.07) is 9.66. The van der Waals surface area contributed by atoms with Crippen LogP contribution in [0, 0.1) is 17.1 Å². The number of nitriles is 1. The Kier molecular flexibility index (Phi) is 2.88. The highest BCUT2D eigenvalue weighted by Gasteiger charge is 2.14. The number of rotatable bonds is 2. The molecule has 0 bridgehead atoms. The van der Waals surface area contributed by atoms with Gasteiger partial charge in [0, 0.05) is 6.20 Å². The van der Waals surface area contributed by atoms with E-state index >= 15 is 0 Å². The minimum absolute atomic E-state index is 0.317. The summed E-state index contributed by atoms with van der Waals surface area (Å²) < 4.78 is 12.7. The molecule has 0 spiro atoms. The molecule has 78 valence electrons. The zero-order valence-corrected chi connectivity index (χ0v) is 8.34. The molecule has 1 aromatic carbocycles. The van der Waals surface area contributed by atoms with Crippen LogP contribution in [0.2, 0.25) is 0 Å². The molecule has 0 aliphatic heterocycles. The van der Waals surface area contributed by atoms with Crippen LogP contribution in [0.25, 0.3) is 0 Å². The third kappa shape index (κ3) is 2.04. The second-order valence-electron chi connectivity index (χ2n) is 3.25. The van der Waals surface area contributed by atoms with Crippen molar-refractivity contribution in [2.45, 2.75) is 5.92 Å². The fourth-order valence-electron chi connectivity index (χ4n) is 1.44. The molecule has 0 radical (unpaired) electrons. The van der Waals surface area contributed by atoms with E-state index in [0.717, 1.165) is 5.56 Å². The summed E-state index contributed by atoms with van der Waals surface area (Å²) >= 11 is 0. The summed E-state index contributed by atoms with van der Waals surface area (Å²) in [5, 5.41) is 9.10. The van der Waals surface area contributed by atoms with Crippen molar-refractivity contribution in [1.82, 2.24) is 9.97 Å². The molecule has 0 N–H and O–H groups in total. The number of hydrogen-bond donors (Lipinski definition) is 0. The van der Waals surface area contributed by atoms with E-state index in [1.54, 1.807) is 24.4 Å². The molecule has 0 saturated carbocycles. The lowest BCUT2D eigenvalue weighted by Crippen LogP contribution is -2.01. The highest BCUT2D eigenvalue weighted by atomic mass is 19.1. The predicted octanol–water partition coefficient (Wildman–Crippen LogP) is 2.27. The van der Waals surface area contributed by atoms with Gasteiger partial charge in [0.25, 0.3) is 0 Å². The van der Waals surface area contributed by atoms with Crippen LogP contribution in [0.3, 0.4) is 0 Å². The maximum Gasteiger partial charge on any atom is 0.123 e. The van der Waals surface area contributed by atoms with Gasteiger partial charge in [-0.3, -0.25) is 0 Å². The van der Waals surface area contributed by atoms with Gasteiger partial charge in [-0.25, -0.2) is 14.4 Å². The molecule has 0 amide bonds. The lowest BCUT2D eigenvalue weighted by molar-refractivity contribution is 0.627. The Bertz CT molecular complexity index is 502. The van der Waals surface area contributed by atoms with Crippen molar-refractivity contribution >= 4 is 0 Å². The lowest BCUT2D eigenvalue weighted by atomic mass is 9.97. The van der Waals surface area contributed by atoms with Crippen LogP contribution in [-0.4, -0.2) is 9.97 Å².